The highest BCUT2D eigenvalue weighted by molar-refractivity contribution is 6.35. The molecule has 0 atom stereocenters. The first-order valence-corrected chi connectivity index (χ1v) is 8.44. The fraction of sp³-hybridized carbons (Fsp3) is 0.353. The van der Waals surface area contributed by atoms with Crippen LogP contribution in [0.15, 0.2) is 29.4 Å². The highest BCUT2D eigenvalue weighted by atomic mass is 35.5. The number of nitrogens with two attached hydrogens (primary N) is 2. The normalized spacial score (nSPS) is 16.0. The van der Waals surface area contributed by atoms with Crippen molar-refractivity contribution in [2.24, 2.45) is 16.5 Å². The lowest BCUT2D eigenvalue weighted by atomic mass is 9.97. The lowest BCUT2D eigenvalue weighted by molar-refractivity contribution is -0.144. The number of halogens is 1. The largest absolute Gasteiger partial charge is 0.480 e. The summed E-state index contributed by atoms with van der Waals surface area (Å²) in [6.07, 6.45) is 4.63. The van der Waals surface area contributed by atoms with E-state index in [0.29, 0.717) is 30.2 Å². The van der Waals surface area contributed by atoms with Crippen molar-refractivity contribution in [3.8, 4) is 0 Å². The molecule has 0 radical (unpaired) electrons. The number of carboxylic acids is 1. The van der Waals surface area contributed by atoms with Crippen molar-refractivity contribution in [1.82, 2.24) is 10.3 Å². The first-order valence-electron chi connectivity index (χ1n) is 8.06. The van der Waals surface area contributed by atoms with Gasteiger partial charge < -0.3 is 16.6 Å². The molecule has 1 aliphatic rings. The Kier molecular flexibility index (Phi) is 4.78. The van der Waals surface area contributed by atoms with Crippen molar-refractivity contribution in [3.05, 3.63) is 35.0 Å². The minimum atomic E-state index is -0.843. The predicted octanol–water partition coefficient (Wildman–Crippen LogP) is 2.28. The summed E-state index contributed by atoms with van der Waals surface area (Å²) in [5.74, 6) is -0.498. The molecule has 3 rings (SSSR count). The van der Waals surface area contributed by atoms with Crippen molar-refractivity contribution in [1.29, 1.82) is 0 Å². The standard InChI is InChI=1S/C17H20ClN5O2/c18-13-9-21-14(23-16(19)20)12-7-10(3-4-11(12)13)8-22-17(15(24)25)5-1-2-6-17/h3-4,7,9,22H,1-2,5-6,8H2,(H,24,25)(H4,19,20,21,23). The van der Waals surface area contributed by atoms with E-state index in [2.05, 4.69) is 15.3 Å². The monoisotopic (exact) mass is 361 g/mol. The maximum absolute atomic E-state index is 11.6. The Morgan fingerprint density at radius 1 is 1.32 bits per heavy atom. The van der Waals surface area contributed by atoms with E-state index in [1.54, 1.807) is 0 Å². The van der Waals surface area contributed by atoms with E-state index < -0.39 is 11.5 Å². The molecule has 25 heavy (non-hydrogen) atoms. The summed E-state index contributed by atoms with van der Waals surface area (Å²) in [6, 6.07) is 5.66. The molecule has 8 heteroatoms. The minimum absolute atomic E-state index is 0.0876. The number of guanidine groups is 1. The van der Waals surface area contributed by atoms with Crippen LogP contribution in [0.3, 0.4) is 0 Å². The smallest absolute Gasteiger partial charge is 0.323 e. The highest BCUT2D eigenvalue weighted by Gasteiger charge is 2.40. The zero-order valence-electron chi connectivity index (χ0n) is 13.6. The molecule has 1 aliphatic carbocycles. The first-order chi connectivity index (χ1) is 11.9. The molecule has 1 aromatic heterocycles. The van der Waals surface area contributed by atoms with E-state index in [1.807, 2.05) is 18.2 Å². The number of hydrogen-bond donors (Lipinski definition) is 4. The molecule has 1 heterocycles. The van der Waals surface area contributed by atoms with E-state index in [0.717, 1.165) is 29.2 Å². The van der Waals surface area contributed by atoms with Crippen molar-refractivity contribution in [2.75, 3.05) is 0 Å². The van der Waals surface area contributed by atoms with E-state index in [-0.39, 0.29) is 5.96 Å². The molecule has 1 saturated carbocycles. The van der Waals surface area contributed by atoms with Gasteiger partial charge in [-0.15, -0.1) is 0 Å². The lowest BCUT2D eigenvalue weighted by Gasteiger charge is -2.25. The number of rotatable bonds is 5. The summed E-state index contributed by atoms with van der Waals surface area (Å²) < 4.78 is 0. The molecular weight excluding hydrogens is 342 g/mol. The molecule has 132 valence electrons. The number of pyridine rings is 1. The highest BCUT2D eigenvalue weighted by Crippen LogP contribution is 2.32. The van der Waals surface area contributed by atoms with Gasteiger partial charge in [0.05, 0.1) is 5.02 Å². The Labute approximate surface area is 150 Å². The van der Waals surface area contributed by atoms with Crippen molar-refractivity contribution < 1.29 is 9.90 Å². The summed E-state index contributed by atoms with van der Waals surface area (Å²) in [5.41, 5.74) is 11.0. The van der Waals surface area contributed by atoms with Gasteiger partial charge in [0.2, 0.25) is 0 Å². The molecule has 1 aromatic carbocycles. The number of benzene rings is 1. The Balaban J connectivity index is 1.93. The summed E-state index contributed by atoms with van der Waals surface area (Å²) in [7, 11) is 0. The van der Waals surface area contributed by atoms with Gasteiger partial charge in [-0.3, -0.25) is 10.1 Å². The van der Waals surface area contributed by atoms with Crippen LogP contribution >= 0.6 is 11.6 Å². The van der Waals surface area contributed by atoms with Gasteiger partial charge in [-0.2, -0.15) is 4.99 Å². The topological polar surface area (TPSA) is 127 Å². The Morgan fingerprint density at radius 2 is 2.04 bits per heavy atom. The van der Waals surface area contributed by atoms with Crippen LogP contribution in [0.1, 0.15) is 31.2 Å². The van der Waals surface area contributed by atoms with Gasteiger partial charge in [0.1, 0.15) is 5.54 Å². The van der Waals surface area contributed by atoms with Gasteiger partial charge in [-0.25, -0.2) is 4.98 Å². The third-order valence-corrected chi connectivity index (χ3v) is 4.92. The molecule has 0 spiro atoms. The number of fused-ring (bicyclic) bond motifs is 1. The fourth-order valence-electron chi connectivity index (χ4n) is 3.28. The number of carbonyl (C=O) groups is 1. The summed E-state index contributed by atoms with van der Waals surface area (Å²) in [6.45, 7) is 0.427. The average Bonchev–Trinajstić information content (AvgIpc) is 3.06. The number of aliphatic imine (C=N–C) groups is 1. The van der Waals surface area contributed by atoms with Crippen LogP contribution in [0.25, 0.3) is 10.8 Å². The van der Waals surface area contributed by atoms with E-state index in [1.165, 1.54) is 6.20 Å². The van der Waals surface area contributed by atoms with Crippen LogP contribution in [-0.4, -0.2) is 27.6 Å². The molecule has 0 bridgehead atoms. The number of nitrogens with one attached hydrogen (secondary N) is 1. The molecular formula is C17H20ClN5O2. The van der Waals surface area contributed by atoms with E-state index in [9.17, 15) is 9.90 Å². The fourth-order valence-corrected chi connectivity index (χ4v) is 3.49. The van der Waals surface area contributed by atoms with E-state index >= 15 is 0 Å². The van der Waals surface area contributed by atoms with Gasteiger partial charge in [0.15, 0.2) is 11.8 Å². The first kappa shape index (κ1) is 17.4. The quantitative estimate of drug-likeness (QED) is 0.478. The predicted molar refractivity (Wildman–Crippen MR) is 97.9 cm³/mol. The minimum Gasteiger partial charge on any atom is -0.480 e. The Hall–Kier alpha value is -2.38. The summed E-state index contributed by atoms with van der Waals surface area (Å²) in [5, 5.41) is 14.8. The number of aliphatic carboxylic acids is 1. The average molecular weight is 362 g/mol. The molecule has 0 aliphatic heterocycles. The molecule has 0 unspecified atom stereocenters. The molecule has 0 amide bonds. The molecule has 7 nitrogen and oxygen atoms in total. The zero-order chi connectivity index (χ0) is 18.0. The van der Waals surface area contributed by atoms with Crippen molar-refractivity contribution in [2.45, 2.75) is 37.8 Å². The SMILES string of the molecule is NC(N)=Nc1ncc(Cl)c2ccc(CNC3(C(=O)O)CCCC3)cc12. The molecule has 1 fully saturated rings. The van der Waals surface area contributed by atoms with Gasteiger partial charge in [0.25, 0.3) is 0 Å². The van der Waals surface area contributed by atoms with Gasteiger partial charge >= 0.3 is 5.97 Å². The number of carboxylic acid groups (broad SMARTS) is 1. The number of nitrogens with zero attached hydrogens (tertiary/aromatic N) is 2. The lowest BCUT2D eigenvalue weighted by Crippen LogP contribution is -2.49. The van der Waals surface area contributed by atoms with Crippen molar-refractivity contribution >= 4 is 40.1 Å². The van der Waals surface area contributed by atoms with Gasteiger partial charge in [-0.05, 0) is 24.5 Å². The number of hydrogen-bond acceptors (Lipinski definition) is 4. The molecule has 2 aromatic rings. The summed E-state index contributed by atoms with van der Waals surface area (Å²) >= 11 is 6.20. The summed E-state index contributed by atoms with van der Waals surface area (Å²) in [4.78, 5) is 19.9. The van der Waals surface area contributed by atoms with Gasteiger partial charge in [0, 0.05) is 23.5 Å². The van der Waals surface area contributed by atoms with Crippen molar-refractivity contribution in [3.63, 3.8) is 0 Å². The van der Waals surface area contributed by atoms with Crippen LogP contribution in [0.5, 0.6) is 0 Å². The third-order valence-electron chi connectivity index (χ3n) is 4.61. The molecule has 6 N–H and O–H groups in total. The second-order valence-corrected chi connectivity index (χ2v) is 6.70. The van der Waals surface area contributed by atoms with Crippen LogP contribution < -0.4 is 16.8 Å². The zero-order valence-corrected chi connectivity index (χ0v) is 14.4. The van der Waals surface area contributed by atoms with Crippen LogP contribution in [0.2, 0.25) is 5.02 Å². The third kappa shape index (κ3) is 3.52. The number of aromatic nitrogens is 1. The Bertz CT molecular complexity index is 842. The maximum atomic E-state index is 11.6. The van der Waals surface area contributed by atoms with Crippen LogP contribution in [0.4, 0.5) is 5.82 Å². The second kappa shape index (κ2) is 6.85. The maximum Gasteiger partial charge on any atom is 0.323 e. The van der Waals surface area contributed by atoms with E-state index in [4.69, 9.17) is 23.1 Å². The van der Waals surface area contributed by atoms with Crippen LogP contribution in [0, 0.1) is 0 Å². The van der Waals surface area contributed by atoms with Crippen LogP contribution in [-0.2, 0) is 11.3 Å². The molecule has 0 saturated heterocycles. The Morgan fingerprint density at radius 3 is 2.68 bits per heavy atom. The second-order valence-electron chi connectivity index (χ2n) is 6.29. The van der Waals surface area contributed by atoms with Gasteiger partial charge in [-0.1, -0.05) is 36.6 Å².